The molecule has 0 aliphatic carbocycles. The molecule has 1 atom stereocenters. The van der Waals surface area contributed by atoms with Gasteiger partial charge >= 0.3 is 0 Å². The molecule has 0 fully saturated rings. The average molecular weight is 221 g/mol. The van der Waals surface area contributed by atoms with Gasteiger partial charge in [-0.3, -0.25) is 0 Å². The molecule has 0 bridgehead atoms. The van der Waals surface area contributed by atoms with Crippen molar-refractivity contribution >= 4 is 11.6 Å². The van der Waals surface area contributed by atoms with Crippen LogP contribution in [0.15, 0.2) is 36.9 Å². The van der Waals surface area contributed by atoms with Crippen molar-refractivity contribution in [3.63, 3.8) is 0 Å². The number of hydrogen-bond acceptors (Lipinski definition) is 1. The van der Waals surface area contributed by atoms with Crippen molar-refractivity contribution in [3.8, 4) is 11.8 Å². The summed E-state index contributed by atoms with van der Waals surface area (Å²) >= 11 is 5.74. The number of halogens is 1. The summed E-state index contributed by atoms with van der Waals surface area (Å²) in [4.78, 5) is 0. The maximum Gasteiger partial charge on any atom is 0.0683 e. The Kier molecular flexibility index (Phi) is 4.97. The highest BCUT2D eigenvalue weighted by molar-refractivity contribution is 6.30. The summed E-state index contributed by atoms with van der Waals surface area (Å²) < 4.78 is 0. The van der Waals surface area contributed by atoms with E-state index in [1.807, 2.05) is 12.1 Å². The van der Waals surface area contributed by atoms with Crippen molar-refractivity contribution < 1.29 is 5.11 Å². The van der Waals surface area contributed by atoms with Gasteiger partial charge in [-0.05, 0) is 30.7 Å². The quantitative estimate of drug-likeness (QED) is 0.613. The molecule has 0 aliphatic heterocycles. The van der Waals surface area contributed by atoms with E-state index in [1.54, 1.807) is 18.2 Å². The predicted molar refractivity (Wildman–Crippen MR) is 63.8 cm³/mol. The van der Waals surface area contributed by atoms with Crippen molar-refractivity contribution in [1.82, 2.24) is 0 Å². The second-order valence-corrected chi connectivity index (χ2v) is 3.63. The van der Waals surface area contributed by atoms with Gasteiger partial charge in [0.2, 0.25) is 0 Å². The summed E-state index contributed by atoms with van der Waals surface area (Å²) in [6, 6.07) is 7.31. The van der Waals surface area contributed by atoms with E-state index in [2.05, 4.69) is 18.4 Å². The van der Waals surface area contributed by atoms with E-state index in [9.17, 15) is 5.11 Å². The molecule has 0 spiro atoms. The highest BCUT2D eigenvalue weighted by Crippen LogP contribution is 2.08. The van der Waals surface area contributed by atoms with E-state index in [-0.39, 0.29) is 0 Å². The van der Waals surface area contributed by atoms with Crippen LogP contribution >= 0.6 is 11.6 Å². The third-order valence-electron chi connectivity index (χ3n) is 1.85. The molecule has 0 saturated carbocycles. The number of rotatable bonds is 3. The van der Waals surface area contributed by atoms with Gasteiger partial charge < -0.3 is 5.11 Å². The van der Waals surface area contributed by atoms with Gasteiger partial charge in [0.25, 0.3) is 0 Å². The van der Waals surface area contributed by atoms with E-state index >= 15 is 0 Å². The highest BCUT2D eigenvalue weighted by Gasteiger charge is 1.96. The van der Waals surface area contributed by atoms with E-state index in [0.29, 0.717) is 17.9 Å². The van der Waals surface area contributed by atoms with Crippen LogP contribution < -0.4 is 0 Å². The Morgan fingerprint density at radius 2 is 2.07 bits per heavy atom. The fourth-order valence-electron chi connectivity index (χ4n) is 1.08. The van der Waals surface area contributed by atoms with Crippen molar-refractivity contribution in [3.05, 3.63) is 47.5 Å². The molecule has 0 aliphatic rings. The van der Waals surface area contributed by atoms with Crippen LogP contribution in [-0.2, 0) is 0 Å². The van der Waals surface area contributed by atoms with Gasteiger partial charge in [-0.15, -0.1) is 6.58 Å². The molecular formula is C13H13ClO. The average Bonchev–Trinajstić information content (AvgIpc) is 2.21. The first-order chi connectivity index (χ1) is 7.22. The molecule has 1 aromatic rings. The summed E-state index contributed by atoms with van der Waals surface area (Å²) in [5, 5.41) is 10.1. The van der Waals surface area contributed by atoms with E-state index in [0.717, 1.165) is 5.56 Å². The molecule has 1 unspecified atom stereocenters. The van der Waals surface area contributed by atoms with Gasteiger partial charge in [-0.25, -0.2) is 0 Å². The zero-order chi connectivity index (χ0) is 11.1. The lowest BCUT2D eigenvalue weighted by Gasteiger charge is -2.00. The third kappa shape index (κ3) is 4.69. The zero-order valence-corrected chi connectivity index (χ0v) is 9.17. The Hall–Kier alpha value is -1.23. The number of aliphatic hydroxyl groups is 1. The molecule has 0 aromatic heterocycles. The Bertz CT molecular complexity index is 370. The monoisotopic (exact) mass is 220 g/mol. The fraction of sp³-hybridized carbons (Fsp3) is 0.231. The maximum atomic E-state index is 9.38. The molecule has 78 valence electrons. The smallest absolute Gasteiger partial charge is 0.0683 e. The van der Waals surface area contributed by atoms with Crippen molar-refractivity contribution in [1.29, 1.82) is 0 Å². The van der Waals surface area contributed by atoms with Gasteiger partial charge in [0.15, 0.2) is 0 Å². The van der Waals surface area contributed by atoms with Gasteiger partial charge in [0, 0.05) is 17.0 Å². The van der Waals surface area contributed by atoms with Crippen LogP contribution in [0.25, 0.3) is 0 Å². The molecule has 1 N–H and O–H groups in total. The zero-order valence-electron chi connectivity index (χ0n) is 8.41. The molecule has 15 heavy (non-hydrogen) atoms. The molecule has 1 aromatic carbocycles. The molecule has 1 nitrogen and oxygen atoms in total. The molecule has 0 saturated heterocycles. The van der Waals surface area contributed by atoms with Crippen LogP contribution in [-0.4, -0.2) is 11.2 Å². The second kappa shape index (κ2) is 6.29. The largest absolute Gasteiger partial charge is 0.392 e. The predicted octanol–water partition coefficient (Wildman–Crippen LogP) is 3.02. The summed E-state index contributed by atoms with van der Waals surface area (Å²) in [5.74, 6) is 5.87. The van der Waals surface area contributed by atoms with Gasteiger partial charge in [0.1, 0.15) is 0 Å². The van der Waals surface area contributed by atoms with Crippen LogP contribution in [0, 0.1) is 11.8 Å². The van der Waals surface area contributed by atoms with Gasteiger partial charge in [0.05, 0.1) is 6.10 Å². The lowest BCUT2D eigenvalue weighted by Crippen LogP contribution is -2.02. The molecular weight excluding hydrogens is 208 g/mol. The fourth-order valence-corrected chi connectivity index (χ4v) is 1.21. The normalized spacial score (nSPS) is 11.3. The van der Waals surface area contributed by atoms with Crippen molar-refractivity contribution in [2.45, 2.75) is 18.9 Å². The maximum absolute atomic E-state index is 9.38. The molecule has 0 heterocycles. The summed E-state index contributed by atoms with van der Waals surface area (Å²) in [5.41, 5.74) is 0.908. The first kappa shape index (κ1) is 11.8. The Labute approximate surface area is 95.4 Å². The first-order valence-corrected chi connectivity index (χ1v) is 5.13. The lowest BCUT2D eigenvalue weighted by molar-refractivity contribution is 0.184. The molecule has 0 radical (unpaired) electrons. The standard InChI is InChI=1S/C13H13ClO/c1-2-4-13(15)6-3-5-11-7-9-12(14)10-8-11/h2,7-10,13,15H,1,4,6H2. The van der Waals surface area contributed by atoms with Gasteiger partial charge in [-0.1, -0.05) is 29.5 Å². The Balaban J connectivity index is 2.51. The number of aliphatic hydroxyl groups excluding tert-OH is 1. The minimum absolute atomic E-state index is 0.415. The van der Waals surface area contributed by atoms with E-state index in [4.69, 9.17) is 11.6 Å². The highest BCUT2D eigenvalue weighted by atomic mass is 35.5. The Morgan fingerprint density at radius 3 is 2.67 bits per heavy atom. The first-order valence-electron chi connectivity index (χ1n) is 4.76. The second-order valence-electron chi connectivity index (χ2n) is 3.19. The van der Waals surface area contributed by atoms with Crippen LogP contribution in [0.5, 0.6) is 0 Å². The minimum Gasteiger partial charge on any atom is -0.392 e. The molecule has 2 heteroatoms. The molecule has 0 amide bonds. The summed E-state index contributed by atoms with van der Waals surface area (Å²) in [6.45, 7) is 3.55. The van der Waals surface area contributed by atoms with Crippen molar-refractivity contribution in [2.24, 2.45) is 0 Å². The van der Waals surface area contributed by atoms with Gasteiger partial charge in [-0.2, -0.15) is 0 Å². The van der Waals surface area contributed by atoms with Crippen LogP contribution in [0.3, 0.4) is 0 Å². The number of benzene rings is 1. The summed E-state index contributed by atoms with van der Waals surface area (Å²) in [7, 11) is 0. The van der Waals surface area contributed by atoms with Crippen LogP contribution in [0.1, 0.15) is 18.4 Å². The number of hydrogen-bond donors (Lipinski definition) is 1. The molecule has 1 rings (SSSR count). The Morgan fingerprint density at radius 1 is 1.40 bits per heavy atom. The topological polar surface area (TPSA) is 20.2 Å². The summed E-state index contributed by atoms with van der Waals surface area (Å²) in [6.07, 6.45) is 2.32. The third-order valence-corrected chi connectivity index (χ3v) is 2.11. The van der Waals surface area contributed by atoms with Crippen molar-refractivity contribution in [2.75, 3.05) is 0 Å². The van der Waals surface area contributed by atoms with Crippen LogP contribution in [0.4, 0.5) is 0 Å². The SMILES string of the molecule is C=CCC(O)CC#Cc1ccc(Cl)cc1. The van der Waals surface area contributed by atoms with E-state index < -0.39 is 6.10 Å². The van der Waals surface area contributed by atoms with Crippen LogP contribution in [0.2, 0.25) is 5.02 Å². The lowest BCUT2D eigenvalue weighted by atomic mass is 10.1. The van der Waals surface area contributed by atoms with E-state index in [1.165, 1.54) is 0 Å². The minimum atomic E-state index is -0.415.